The molecule has 0 aromatic carbocycles. The second kappa shape index (κ2) is 7.03. The Hall–Kier alpha value is -1.29. The molecule has 0 spiro atoms. The number of piperazine rings is 1. The molecule has 9 heteroatoms. The number of aromatic nitrogens is 2. The molecule has 0 radical (unpaired) electrons. The molecule has 1 aliphatic carbocycles. The molecule has 7 nitrogen and oxygen atoms in total. The quantitative estimate of drug-likeness (QED) is 0.773. The van der Waals surface area contributed by atoms with Crippen molar-refractivity contribution in [2.45, 2.75) is 50.5 Å². The van der Waals surface area contributed by atoms with E-state index in [2.05, 4.69) is 15.1 Å². The van der Waals surface area contributed by atoms with Crippen LogP contribution in [-0.2, 0) is 16.6 Å². The molecule has 2 fully saturated rings. The number of thiophene rings is 1. The van der Waals surface area contributed by atoms with Crippen LogP contribution in [-0.4, -0.2) is 54.0 Å². The Morgan fingerprint density at radius 1 is 1.19 bits per heavy atom. The first-order valence-corrected chi connectivity index (χ1v) is 11.3. The van der Waals surface area contributed by atoms with Gasteiger partial charge in [-0.05, 0) is 32.8 Å². The Balaban J connectivity index is 1.36. The van der Waals surface area contributed by atoms with Crippen molar-refractivity contribution in [1.29, 1.82) is 0 Å². The SMILES string of the molecule is Cc1cc(S(=O)(=O)N2CCN(Cc3nnc(C4CCC4)o3)CC2)c(C)s1. The molecule has 1 saturated heterocycles. The van der Waals surface area contributed by atoms with Gasteiger partial charge in [-0.2, -0.15) is 4.31 Å². The van der Waals surface area contributed by atoms with E-state index in [1.165, 1.54) is 17.8 Å². The van der Waals surface area contributed by atoms with Gasteiger partial charge in [0.1, 0.15) is 0 Å². The van der Waals surface area contributed by atoms with Gasteiger partial charge in [-0.3, -0.25) is 4.90 Å². The maximum absolute atomic E-state index is 12.9. The number of hydrogen-bond acceptors (Lipinski definition) is 7. The Morgan fingerprint density at radius 3 is 2.50 bits per heavy atom. The van der Waals surface area contributed by atoms with Crippen LogP contribution in [0.4, 0.5) is 0 Å². The summed E-state index contributed by atoms with van der Waals surface area (Å²) in [7, 11) is -3.41. The number of rotatable bonds is 5. The van der Waals surface area contributed by atoms with Crippen LogP contribution in [0.5, 0.6) is 0 Å². The predicted octanol–water partition coefficient (Wildman–Crippen LogP) is 2.52. The third-order valence-corrected chi connectivity index (χ3v) is 8.36. The van der Waals surface area contributed by atoms with Crippen LogP contribution in [0.3, 0.4) is 0 Å². The van der Waals surface area contributed by atoms with Gasteiger partial charge in [-0.25, -0.2) is 8.42 Å². The molecule has 142 valence electrons. The summed E-state index contributed by atoms with van der Waals surface area (Å²) in [6.07, 6.45) is 3.52. The molecule has 0 amide bonds. The zero-order valence-corrected chi connectivity index (χ0v) is 16.8. The van der Waals surface area contributed by atoms with E-state index in [1.807, 2.05) is 13.8 Å². The third kappa shape index (κ3) is 3.45. The highest BCUT2D eigenvalue weighted by Crippen LogP contribution is 2.35. The molecule has 2 aromatic heterocycles. The van der Waals surface area contributed by atoms with Crippen LogP contribution >= 0.6 is 11.3 Å². The van der Waals surface area contributed by atoms with Crippen molar-refractivity contribution in [3.8, 4) is 0 Å². The summed E-state index contributed by atoms with van der Waals surface area (Å²) >= 11 is 1.53. The average Bonchev–Trinajstić information content (AvgIpc) is 3.13. The molecule has 0 unspecified atom stereocenters. The summed E-state index contributed by atoms with van der Waals surface area (Å²) in [5.74, 6) is 1.83. The predicted molar refractivity (Wildman–Crippen MR) is 98.7 cm³/mol. The summed E-state index contributed by atoms with van der Waals surface area (Å²) in [6, 6.07) is 1.78. The van der Waals surface area contributed by atoms with Gasteiger partial charge in [0.15, 0.2) is 0 Å². The first kappa shape index (κ1) is 18.1. The summed E-state index contributed by atoms with van der Waals surface area (Å²) in [5.41, 5.74) is 0. The molecule has 1 saturated carbocycles. The van der Waals surface area contributed by atoms with E-state index in [-0.39, 0.29) is 0 Å². The molecule has 0 N–H and O–H groups in total. The van der Waals surface area contributed by atoms with Crippen LogP contribution in [0.1, 0.15) is 46.7 Å². The van der Waals surface area contributed by atoms with Gasteiger partial charge in [0, 0.05) is 41.9 Å². The summed E-state index contributed by atoms with van der Waals surface area (Å²) < 4.78 is 33.1. The maximum Gasteiger partial charge on any atom is 0.244 e. The average molecular weight is 397 g/mol. The van der Waals surface area contributed by atoms with E-state index in [0.29, 0.717) is 49.4 Å². The van der Waals surface area contributed by atoms with Gasteiger partial charge >= 0.3 is 0 Å². The Morgan fingerprint density at radius 2 is 1.92 bits per heavy atom. The first-order chi connectivity index (χ1) is 12.4. The molecule has 1 aliphatic heterocycles. The lowest BCUT2D eigenvalue weighted by Gasteiger charge is -2.33. The molecule has 2 aromatic rings. The van der Waals surface area contributed by atoms with E-state index < -0.39 is 10.0 Å². The second-order valence-corrected chi connectivity index (χ2v) is 10.5. The van der Waals surface area contributed by atoms with Crippen molar-refractivity contribution in [3.05, 3.63) is 27.6 Å². The maximum atomic E-state index is 12.9. The van der Waals surface area contributed by atoms with Gasteiger partial charge in [0.2, 0.25) is 21.8 Å². The number of sulfonamides is 1. The minimum absolute atomic E-state index is 0.440. The topological polar surface area (TPSA) is 79.5 Å². The van der Waals surface area contributed by atoms with E-state index in [4.69, 9.17) is 4.42 Å². The zero-order valence-electron chi connectivity index (χ0n) is 15.1. The fourth-order valence-corrected chi connectivity index (χ4v) is 6.42. The molecule has 2 aliphatic rings. The van der Waals surface area contributed by atoms with Crippen molar-refractivity contribution in [2.75, 3.05) is 26.2 Å². The molecule has 0 atom stereocenters. The number of nitrogens with zero attached hydrogens (tertiary/aromatic N) is 4. The fraction of sp³-hybridized carbons (Fsp3) is 0.647. The lowest BCUT2D eigenvalue weighted by atomic mass is 9.85. The molecule has 0 bridgehead atoms. The highest BCUT2D eigenvalue weighted by Gasteiger charge is 2.31. The summed E-state index contributed by atoms with van der Waals surface area (Å²) in [5, 5.41) is 8.32. The van der Waals surface area contributed by atoms with Gasteiger partial charge in [-0.1, -0.05) is 6.42 Å². The standard InChI is InChI=1S/C17H24N4O3S2/c1-12-10-15(13(2)25-12)26(22,23)21-8-6-20(7-9-21)11-16-18-19-17(24-16)14-4-3-5-14/h10,14H,3-9,11H2,1-2H3. The van der Waals surface area contributed by atoms with Gasteiger partial charge in [0.05, 0.1) is 11.4 Å². The normalized spacial score (nSPS) is 20.4. The van der Waals surface area contributed by atoms with Crippen LogP contribution in [0, 0.1) is 13.8 Å². The minimum atomic E-state index is -3.41. The lowest BCUT2D eigenvalue weighted by Crippen LogP contribution is -2.48. The van der Waals surface area contributed by atoms with Crippen molar-refractivity contribution >= 4 is 21.4 Å². The van der Waals surface area contributed by atoms with Crippen molar-refractivity contribution in [2.24, 2.45) is 0 Å². The third-order valence-electron chi connectivity index (χ3n) is 5.24. The molecule has 4 rings (SSSR count). The highest BCUT2D eigenvalue weighted by molar-refractivity contribution is 7.89. The van der Waals surface area contributed by atoms with Crippen LogP contribution in [0.25, 0.3) is 0 Å². The van der Waals surface area contributed by atoms with E-state index in [0.717, 1.165) is 28.5 Å². The smallest absolute Gasteiger partial charge is 0.244 e. The van der Waals surface area contributed by atoms with Gasteiger partial charge < -0.3 is 4.42 Å². The van der Waals surface area contributed by atoms with Crippen LogP contribution in [0.15, 0.2) is 15.4 Å². The Labute approximate surface area is 158 Å². The fourth-order valence-electron chi connectivity index (χ4n) is 3.47. The monoisotopic (exact) mass is 396 g/mol. The lowest BCUT2D eigenvalue weighted by molar-refractivity contribution is 0.166. The van der Waals surface area contributed by atoms with Gasteiger partial charge in [0.25, 0.3) is 0 Å². The number of hydrogen-bond donors (Lipinski definition) is 0. The molecule has 26 heavy (non-hydrogen) atoms. The molecular weight excluding hydrogens is 372 g/mol. The number of aryl methyl sites for hydroxylation is 2. The Bertz CT molecular complexity index is 878. The van der Waals surface area contributed by atoms with Crippen molar-refractivity contribution in [3.63, 3.8) is 0 Å². The molecule has 3 heterocycles. The second-order valence-electron chi connectivity index (χ2n) is 7.12. The first-order valence-electron chi connectivity index (χ1n) is 9.05. The van der Waals surface area contributed by atoms with E-state index in [1.54, 1.807) is 10.4 Å². The zero-order chi connectivity index (χ0) is 18.3. The van der Waals surface area contributed by atoms with Crippen molar-refractivity contribution in [1.82, 2.24) is 19.4 Å². The molecular formula is C17H24N4O3S2. The minimum Gasteiger partial charge on any atom is -0.424 e. The van der Waals surface area contributed by atoms with E-state index in [9.17, 15) is 8.42 Å². The summed E-state index contributed by atoms with van der Waals surface area (Å²) in [4.78, 5) is 4.52. The van der Waals surface area contributed by atoms with Crippen molar-refractivity contribution < 1.29 is 12.8 Å². The highest BCUT2D eigenvalue weighted by atomic mass is 32.2. The van der Waals surface area contributed by atoms with Gasteiger partial charge in [-0.15, -0.1) is 21.5 Å². The summed E-state index contributed by atoms with van der Waals surface area (Å²) in [6.45, 7) is 6.71. The Kier molecular flexibility index (Phi) is 4.89. The van der Waals surface area contributed by atoms with E-state index >= 15 is 0 Å². The largest absolute Gasteiger partial charge is 0.424 e. The van der Waals surface area contributed by atoms with Crippen LogP contribution in [0.2, 0.25) is 0 Å². The van der Waals surface area contributed by atoms with Crippen LogP contribution < -0.4 is 0 Å².